The normalized spacial score (nSPS) is 11.9. The third-order valence-corrected chi connectivity index (χ3v) is 1.91. The summed E-state index contributed by atoms with van der Waals surface area (Å²) in [5, 5.41) is 0. The van der Waals surface area contributed by atoms with Gasteiger partial charge >= 0.3 is 0 Å². The van der Waals surface area contributed by atoms with Crippen molar-refractivity contribution in [3.8, 4) is 5.75 Å². The van der Waals surface area contributed by atoms with Crippen LogP contribution >= 0.6 is 0 Å². The number of benzene rings is 1. The van der Waals surface area contributed by atoms with Gasteiger partial charge in [-0.2, -0.15) is 0 Å². The lowest BCUT2D eigenvalue weighted by Gasteiger charge is -2.21. The van der Waals surface area contributed by atoms with E-state index in [0.29, 0.717) is 6.61 Å². The summed E-state index contributed by atoms with van der Waals surface area (Å²) in [6.07, 6.45) is 0.257. The number of ether oxygens (including phenoxy) is 2. The highest BCUT2D eigenvalue weighted by atomic mass is 16.5. The maximum Gasteiger partial charge on any atom is 0.120 e. The Kier molecular flexibility index (Phi) is 4.36. The maximum absolute atomic E-state index is 5.79. The highest BCUT2D eigenvalue weighted by Gasteiger charge is 2.11. The Labute approximate surface area is 98.6 Å². The Morgan fingerprint density at radius 2 is 1.88 bits per heavy atom. The molecular weight excluding hydrogens is 200 g/mol. The van der Waals surface area contributed by atoms with E-state index >= 15 is 0 Å². The molecule has 1 aromatic carbocycles. The first kappa shape index (κ1) is 13.0. The molecule has 1 rings (SSSR count). The second kappa shape index (κ2) is 5.35. The van der Waals surface area contributed by atoms with Crippen LogP contribution in [0, 0.1) is 0 Å². The molecule has 0 amide bonds. The molecular formula is C14H22O2. The summed E-state index contributed by atoms with van der Waals surface area (Å²) in [6.45, 7) is 10.9. The molecule has 2 nitrogen and oxygen atoms in total. The van der Waals surface area contributed by atoms with Crippen LogP contribution in [-0.4, -0.2) is 11.7 Å². The van der Waals surface area contributed by atoms with Gasteiger partial charge in [-0.1, -0.05) is 12.1 Å². The Morgan fingerprint density at radius 3 is 2.44 bits per heavy atom. The standard InChI is InChI=1S/C14H22O2/c1-11(2)15-10-12-7-6-8-13(9-12)16-14(3,4)5/h6-9,11H,10H2,1-5H3. The zero-order chi connectivity index (χ0) is 12.2. The van der Waals surface area contributed by atoms with E-state index in [2.05, 4.69) is 6.07 Å². The molecule has 90 valence electrons. The van der Waals surface area contributed by atoms with E-state index in [-0.39, 0.29) is 11.7 Å². The first-order chi connectivity index (χ1) is 7.37. The quantitative estimate of drug-likeness (QED) is 0.771. The van der Waals surface area contributed by atoms with Gasteiger partial charge in [0.25, 0.3) is 0 Å². The molecule has 0 saturated heterocycles. The number of hydrogen-bond donors (Lipinski definition) is 0. The maximum atomic E-state index is 5.79. The van der Waals surface area contributed by atoms with E-state index in [1.54, 1.807) is 0 Å². The van der Waals surface area contributed by atoms with Crippen molar-refractivity contribution < 1.29 is 9.47 Å². The van der Waals surface area contributed by atoms with Crippen LogP contribution in [0.15, 0.2) is 24.3 Å². The van der Waals surface area contributed by atoms with E-state index in [0.717, 1.165) is 11.3 Å². The predicted octanol–water partition coefficient (Wildman–Crippen LogP) is 3.79. The first-order valence-electron chi connectivity index (χ1n) is 5.76. The molecule has 0 radical (unpaired) electrons. The minimum absolute atomic E-state index is 0.155. The monoisotopic (exact) mass is 222 g/mol. The summed E-state index contributed by atoms with van der Waals surface area (Å²) >= 11 is 0. The minimum atomic E-state index is -0.155. The molecule has 0 aliphatic heterocycles. The Morgan fingerprint density at radius 1 is 1.19 bits per heavy atom. The van der Waals surface area contributed by atoms with Crippen LogP contribution in [0.4, 0.5) is 0 Å². The van der Waals surface area contributed by atoms with Crippen molar-refractivity contribution >= 4 is 0 Å². The molecule has 0 fully saturated rings. The summed E-state index contributed by atoms with van der Waals surface area (Å²) < 4.78 is 11.4. The Hall–Kier alpha value is -1.02. The zero-order valence-corrected chi connectivity index (χ0v) is 10.9. The van der Waals surface area contributed by atoms with Crippen LogP contribution in [0.5, 0.6) is 5.75 Å². The zero-order valence-electron chi connectivity index (χ0n) is 10.9. The van der Waals surface area contributed by atoms with Crippen molar-refractivity contribution in [3.63, 3.8) is 0 Å². The van der Waals surface area contributed by atoms with Crippen molar-refractivity contribution in [2.24, 2.45) is 0 Å². The molecule has 0 aromatic heterocycles. The average molecular weight is 222 g/mol. The van der Waals surface area contributed by atoms with Crippen LogP contribution < -0.4 is 4.74 Å². The van der Waals surface area contributed by atoms with Gasteiger partial charge in [0.05, 0.1) is 12.7 Å². The van der Waals surface area contributed by atoms with Gasteiger partial charge in [-0.25, -0.2) is 0 Å². The van der Waals surface area contributed by atoms with Crippen molar-refractivity contribution in [3.05, 3.63) is 29.8 Å². The van der Waals surface area contributed by atoms with Crippen LogP contribution in [0.2, 0.25) is 0 Å². The number of rotatable bonds is 4. The van der Waals surface area contributed by atoms with E-state index in [4.69, 9.17) is 9.47 Å². The van der Waals surface area contributed by atoms with Crippen LogP contribution in [-0.2, 0) is 11.3 Å². The van der Waals surface area contributed by atoms with E-state index in [1.807, 2.05) is 52.8 Å². The van der Waals surface area contributed by atoms with Crippen LogP contribution in [0.25, 0.3) is 0 Å². The van der Waals surface area contributed by atoms with Gasteiger partial charge in [-0.15, -0.1) is 0 Å². The Balaban J connectivity index is 2.64. The van der Waals surface area contributed by atoms with Gasteiger partial charge in [-0.05, 0) is 52.3 Å². The van der Waals surface area contributed by atoms with Gasteiger partial charge in [0, 0.05) is 0 Å². The van der Waals surface area contributed by atoms with Crippen molar-refractivity contribution in [1.82, 2.24) is 0 Å². The van der Waals surface area contributed by atoms with Gasteiger partial charge in [0.1, 0.15) is 11.4 Å². The summed E-state index contributed by atoms with van der Waals surface area (Å²) in [4.78, 5) is 0. The van der Waals surface area contributed by atoms with Crippen molar-refractivity contribution in [2.45, 2.75) is 52.9 Å². The van der Waals surface area contributed by atoms with Crippen LogP contribution in [0.3, 0.4) is 0 Å². The summed E-state index contributed by atoms with van der Waals surface area (Å²) in [7, 11) is 0. The van der Waals surface area contributed by atoms with Gasteiger partial charge < -0.3 is 9.47 Å². The summed E-state index contributed by atoms with van der Waals surface area (Å²) in [5.74, 6) is 0.900. The van der Waals surface area contributed by atoms with Crippen molar-refractivity contribution in [2.75, 3.05) is 0 Å². The molecule has 0 bridgehead atoms. The fourth-order valence-electron chi connectivity index (χ4n) is 1.32. The molecule has 1 aromatic rings. The van der Waals surface area contributed by atoms with Gasteiger partial charge in [0.2, 0.25) is 0 Å². The molecule has 0 aliphatic carbocycles. The van der Waals surface area contributed by atoms with E-state index in [1.165, 1.54) is 0 Å². The smallest absolute Gasteiger partial charge is 0.120 e. The molecule has 2 heteroatoms. The first-order valence-corrected chi connectivity index (χ1v) is 5.76. The molecule has 0 atom stereocenters. The van der Waals surface area contributed by atoms with Gasteiger partial charge in [0.15, 0.2) is 0 Å². The lowest BCUT2D eigenvalue weighted by molar-refractivity contribution is 0.0652. The minimum Gasteiger partial charge on any atom is -0.488 e. The second-order valence-corrected chi connectivity index (χ2v) is 5.22. The third-order valence-electron chi connectivity index (χ3n) is 1.91. The van der Waals surface area contributed by atoms with E-state index in [9.17, 15) is 0 Å². The third kappa shape index (κ3) is 5.17. The summed E-state index contributed by atoms with van der Waals surface area (Å²) in [6, 6.07) is 8.07. The molecule has 0 N–H and O–H groups in total. The van der Waals surface area contributed by atoms with Crippen molar-refractivity contribution in [1.29, 1.82) is 0 Å². The SMILES string of the molecule is CC(C)OCc1cccc(OC(C)(C)C)c1. The lowest BCUT2D eigenvalue weighted by Crippen LogP contribution is -2.22. The molecule has 0 aliphatic rings. The molecule has 0 heterocycles. The predicted molar refractivity (Wildman–Crippen MR) is 66.7 cm³/mol. The highest BCUT2D eigenvalue weighted by Crippen LogP contribution is 2.19. The topological polar surface area (TPSA) is 18.5 Å². The summed E-state index contributed by atoms with van der Waals surface area (Å²) in [5.41, 5.74) is 0.993. The lowest BCUT2D eigenvalue weighted by atomic mass is 10.1. The second-order valence-electron chi connectivity index (χ2n) is 5.22. The fourth-order valence-corrected chi connectivity index (χ4v) is 1.32. The average Bonchev–Trinajstić information content (AvgIpc) is 2.12. The Bertz CT molecular complexity index is 324. The number of hydrogen-bond acceptors (Lipinski definition) is 2. The molecule has 0 spiro atoms. The van der Waals surface area contributed by atoms with Crippen LogP contribution in [0.1, 0.15) is 40.2 Å². The highest BCUT2D eigenvalue weighted by molar-refractivity contribution is 5.28. The fraction of sp³-hybridized carbons (Fsp3) is 0.571. The molecule has 16 heavy (non-hydrogen) atoms. The molecule has 0 unspecified atom stereocenters. The molecule has 0 saturated carbocycles. The van der Waals surface area contributed by atoms with Gasteiger partial charge in [-0.3, -0.25) is 0 Å². The largest absolute Gasteiger partial charge is 0.488 e. The van der Waals surface area contributed by atoms with E-state index < -0.39 is 0 Å².